The number of fused-ring (bicyclic) bond motifs is 1. The maximum absolute atomic E-state index is 12.1. The van der Waals surface area contributed by atoms with Crippen molar-refractivity contribution in [3.63, 3.8) is 0 Å². The van der Waals surface area contributed by atoms with E-state index in [1.807, 2.05) is 0 Å². The van der Waals surface area contributed by atoms with Crippen molar-refractivity contribution in [2.45, 2.75) is 6.42 Å². The van der Waals surface area contributed by atoms with Crippen LogP contribution in [0.3, 0.4) is 0 Å². The number of ketones is 1. The number of rotatable bonds is 3. The van der Waals surface area contributed by atoms with Crippen molar-refractivity contribution in [2.75, 3.05) is 13.9 Å². The number of carbonyl (C=O) groups excluding carboxylic acids is 2. The second-order valence-electron chi connectivity index (χ2n) is 4.40. The van der Waals surface area contributed by atoms with Crippen LogP contribution in [0.25, 0.3) is 0 Å². The third kappa shape index (κ3) is 1.72. The van der Waals surface area contributed by atoms with Crippen molar-refractivity contribution in [3.8, 4) is 11.5 Å². The molecule has 2 aliphatic rings. The molecule has 1 fully saturated rings. The normalized spacial score (nSPS) is 23.6. The first-order chi connectivity index (χ1) is 8.70. The van der Waals surface area contributed by atoms with E-state index in [0.717, 1.165) is 0 Å². The Kier molecular flexibility index (Phi) is 2.47. The molecule has 2 atom stereocenters. The second kappa shape index (κ2) is 4.01. The van der Waals surface area contributed by atoms with Gasteiger partial charge in [0.15, 0.2) is 17.3 Å². The first-order valence-corrected chi connectivity index (χ1v) is 5.72. The topological polar surface area (TPSA) is 61.8 Å². The van der Waals surface area contributed by atoms with Gasteiger partial charge in [-0.15, -0.1) is 0 Å². The van der Waals surface area contributed by atoms with Gasteiger partial charge in [0, 0.05) is 11.5 Å². The molecule has 0 saturated heterocycles. The Morgan fingerprint density at radius 2 is 2.00 bits per heavy atom. The van der Waals surface area contributed by atoms with E-state index in [2.05, 4.69) is 4.74 Å². The van der Waals surface area contributed by atoms with Crippen LogP contribution in [-0.2, 0) is 9.53 Å². The fourth-order valence-electron chi connectivity index (χ4n) is 2.16. The highest BCUT2D eigenvalue weighted by Gasteiger charge is 2.49. The average molecular weight is 248 g/mol. The zero-order valence-corrected chi connectivity index (χ0v) is 9.84. The number of Topliss-reactive ketones (excluding diaryl/α,β-unsaturated/α-hetero) is 1. The van der Waals surface area contributed by atoms with Gasteiger partial charge >= 0.3 is 5.97 Å². The summed E-state index contributed by atoms with van der Waals surface area (Å²) in [6.45, 7) is 0.182. The van der Waals surface area contributed by atoms with Gasteiger partial charge in [-0.1, -0.05) is 0 Å². The highest BCUT2D eigenvalue weighted by atomic mass is 16.7. The highest BCUT2D eigenvalue weighted by Crippen LogP contribution is 2.43. The minimum absolute atomic E-state index is 0.0382. The Labute approximate surface area is 104 Å². The van der Waals surface area contributed by atoms with E-state index in [4.69, 9.17) is 9.47 Å². The van der Waals surface area contributed by atoms with E-state index < -0.39 is 0 Å². The van der Waals surface area contributed by atoms with Gasteiger partial charge in [-0.05, 0) is 24.6 Å². The lowest BCUT2D eigenvalue weighted by Crippen LogP contribution is -2.10. The van der Waals surface area contributed by atoms with Gasteiger partial charge in [0.1, 0.15) is 0 Å². The first kappa shape index (κ1) is 11.1. The summed E-state index contributed by atoms with van der Waals surface area (Å²) in [5, 5.41) is 0. The fraction of sp³-hybridized carbons (Fsp3) is 0.385. The quantitative estimate of drug-likeness (QED) is 0.597. The van der Waals surface area contributed by atoms with E-state index in [1.165, 1.54) is 7.11 Å². The molecule has 5 nitrogen and oxygen atoms in total. The molecule has 1 aliphatic carbocycles. The molecule has 0 radical (unpaired) electrons. The van der Waals surface area contributed by atoms with Crippen LogP contribution in [0.4, 0.5) is 0 Å². The van der Waals surface area contributed by atoms with Crippen molar-refractivity contribution in [2.24, 2.45) is 11.8 Å². The second-order valence-corrected chi connectivity index (χ2v) is 4.40. The molecular formula is C13H12O5. The molecule has 0 unspecified atom stereocenters. The van der Waals surface area contributed by atoms with E-state index in [-0.39, 0.29) is 30.4 Å². The smallest absolute Gasteiger partial charge is 0.309 e. The van der Waals surface area contributed by atoms with Crippen LogP contribution in [-0.4, -0.2) is 25.7 Å². The molecule has 18 heavy (non-hydrogen) atoms. The van der Waals surface area contributed by atoms with Crippen LogP contribution >= 0.6 is 0 Å². The number of benzene rings is 1. The van der Waals surface area contributed by atoms with Gasteiger partial charge < -0.3 is 14.2 Å². The summed E-state index contributed by atoms with van der Waals surface area (Å²) < 4.78 is 15.0. The predicted molar refractivity (Wildman–Crippen MR) is 60.5 cm³/mol. The lowest BCUT2D eigenvalue weighted by Gasteiger charge is -2.02. The number of carbonyl (C=O) groups is 2. The minimum atomic E-state index is -0.311. The lowest BCUT2D eigenvalue weighted by atomic mass is 10.1. The van der Waals surface area contributed by atoms with Gasteiger partial charge in [-0.25, -0.2) is 0 Å². The molecule has 3 rings (SSSR count). The number of hydrogen-bond acceptors (Lipinski definition) is 5. The van der Waals surface area contributed by atoms with Crippen molar-refractivity contribution >= 4 is 11.8 Å². The van der Waals surface area contributed by atoms with Crippen LogP contribution in [0.2, 0.25) is 0 Å². The van der Waals surface area contributed by atoms with Crippen LogP contribution in [0.5, 0.6) is 11.5 Å². The van der Waals surface area contributed by atoms with Gasteiger partial charge in [-0.3, -0.25) is 9.59 Å². The predicted octanol–water partition coefficient (Wildman–Crippen LogP) is 1.41. The average Bonchev–Trinajstić information content (AvgIpc) is 3.06. The molecule has 0 N–H and O–H groups in total. The number of hydrogen-bond donors (Lipinski definition) is 0. The summed E-state index contributed by atoms with van der Waals surface area (Å²) >= 11 is 0. The summed E-state index contributed by atoms with van der Waals surface area (Å²) in [6.07, 6.45) is 0.569. The molecule has 0 aromatic heterocycles. The Balaban J connectivity index is 1.76. The number of esters is 1. The molecule has 1 aliphatic heterocycles. The van der Waals surface area contributed by atoms with Crippen molar-refractivity contribution in [1.29, 1.82) is 0 Å². The molecule has 1 aromatic carbocycles. The molecule has 1 heterocycles. The summed E-state index contributed by atoms with van der Waals surface area (Å²) in [4.78, 5) is 23.4. The Bertz CT molecular complexity index is 522. The Hall–Kier alpha value is -2.04. The van der Waals surface area contributed by atoms with Crippen molar-refractivity contribution in [3.05, 3.63) is 23.8 Å². The van der Waals surface area contributed by atoms with E-state index in [9.17, 15) is 9.59 Å². The molecule has 94 valence electrons. The van der Waals surface area contributed by atoms with Crippen LogP contribution in [0.1, 0.15) is 16.8 Å². The van der Waals surface area contributed by atoms with Crippen LogP contribution in [0.15, 0.2) is 18.2 Å². The van der Waals surface area contributed by atoms with E-state index >= 15 is 0 Å². The first-order valence-electron chi connectivity index (χ1n) is 5.72. The standard InChI is InChI=1S/C13H12O5/c1-16-13(15)9-5-8(9)12(14)7-2-3-10-11(4-7)18-6-17-10/h2-4,8-9H,5-6H2,1H3/t8-,9-/m0/s1. The molecule has 1 saturated carbocycles. The molecule has 5 heteroatoms. The molecular weight excluding hydrogens is 236 g/mol. The molecule has 0 bridgehead atoms. The SMILES string of the molecule is COC(=O)[C@H]1C[C@@H]1C(=O)c1ccc2c(c1)OCO2. The van der Waals surface area contributed by atoms with Crippen molar-refractivity contribution < 1.29 is 23.8 Å². The molecule has 0 amide bonds. The van der Waals surface area contributed by atoms with Gasteiger partial charge in [0.05, 0.1) is 13.0 Å². The molecule has 1 aromatic rings. The van der Waals surface area contributed by atoms with Gasteiger partial charge in [0.2, 0.25) is 6.79 Å². The zero-order valence-electron chi connectivity index (χ0n) is 9.84. The third-order valence-electron chi connectivity index (χ3n) is 3.29. The number of methoxy groups -OCH3 is 1. The summed E-state index contributed by atoms with van der Waals surface area (Å²) in [5.41, 5.74) is 0.552. The lowest BCUT2D eigenvalue weighted by molar-refractivity contribution is -0.142. The largest absolute Gasteiger partial charge is 0.469 e. The summed E-state index contributed by atoms with van der Waals surface area (Å²) in [5.74, 6) is 0.339. The monoisotopic (exact) mass is 248 g/mol. The van der Waals surface area contributed by atoms with Crippen LogP contribution < -0.4 is 9.47 Å². The van der Waals surface area contributed by atoms with Crippen LogP contribution in [0, 0.1) is 11.8 Å². The fourth-order valence-corrected chi connectivity index (χ4v) is 2.16. The van der Waals surface area contributed by atoms with Gasteiger partial charge in [0.25, 0.3) is 0 Å². The maximum Gasteiger partial charge on any atom is 0.309 e. The third-order valence-corrected chi connectivity index (χ3v) is 3.29. The van der Waals surface area contributed by atoms with E-state index in [0.29, 0.717) is 23.5 Å². The summed E-state index contributed by atoms with van der Waals surface area (Å²) in [7, 11) is 1.34. The minimum Gasteiger partial charge on any atom is -0.469 e. The van der Waals surface area contributed by atoms with Crippen molar-refractivity contribution in [1.82, 2.24) is 0 Å². The Morgan fingerprint density at radius 3 is 2.78 bits per heavy atom. The number of ether oxygens (including phenoxy) is 3. The summed E-state index contributed by atoms with van der Waals surface area (Å²) in [6, 6.07) is 5.07. The van der Waals surface area contributed by atoms with E-state index in [1.54, 1.807) is 18.2 Å². The van der Waals surface area contributed by atoms with Gasteiger partial charge in [-0.2, -0.15) is 0 Å². The maximum atomic E-state index is 12.1. The molecule has 0 spiro atoms. The highest BCUT2D eigenvalue weighted by molar-refractivity contribution is 6.03. The Morgan fingerprint density at radius 1 is 1.22 bits per heavy atom. The zero-order chi connectivity index (χ0) is 12.7.